The average Bonchev–Trinajstić information content (AvgIpc) is 2.90. The topological polar surface area (TPSA) is 116 Å². The molecule has 10 heteroatoms. The lowest BCUT2D eigenvalue weighted by atomic mass is 9.87. The first-order valence-corrected chi connectivity index (χ1v) is 13.3. The SMILES string of the molecule is CC[C@H]1CN(c2ncc(Cl)cn2)Cc2cc(C(=O)N[C@@H](CO)c3ccc(C(C)S(=O)O)cc3)ccc21. The van der Waals surface area contributed by atoms with Crippen LogP contribution in [-0.4, -0.2) is 42.9 Å². The minimum Gasteiger partial charge on any atom is -0.394 e. The highest BCUT2D eigenvalue weighted by molar-refractivity contribution is 7.79. The van der Waals surface area contributed by atoms with E-state index in [1.807, 2.05) is 18.2 Å². The lowest BCUT2D eigenvalue weighted by Crippen LogP contribution is -2.35. The van der Waals surface area contributed by atoms with Gasteiger partial charge in [0.05, 0.1) is 35.3 Å². The number of benzene rings is 2. The molecular weight excluding hydrogens is 500 g/mol. The Morgan fingerprint density at radius 1 is 1.19 bits per heavy atom. The minimum absolute atomic E-state index is 0.281. The molecule has 4 atom stereocenters. The van der Waals surface area contributed by atoms with Crippen molar-refractivity contribution >= 4 is 34.5 Å². The van der Waals surface area contributed by atoms with Crippen molar-refractivity contribution in [3.63, 3.8) is 0 Å². The maximum atomic E-state index is 13.1. The molecule has 0 spiro atoms. The normalized spacial score (nSPS) is 17.7. The molecule has 3 aromatic rings. The van der Waals surface area contributed by atoms with E-state index in [1.165, 1.54) is 5.56 Å². The molecule has 0 fully saturated rings. The van der Waals surface area contributed by atoms with E-state index in [1.54, 1.807) is 43.6 Å². The Morgan fingerprint density at radius 3 is 2.47 bits per heavy atom. The lowest BCUT2D eigenvalue weighted by molar-refractivity contribution is 0.0916. The summed E-state index contributed by atoms with van der Waals surface area (Å²) in [5.41, 5.74) is 4.17. The van der Waals surface area contributed by atoms with Crippen LogP contribution < -0.4 is 10.2 Å². The van der Waals surface area contributed by atoms with Crippen LogP contribution in [0.1, 0.15) is 70.1 Å². The Bertz CT molecular complexity index is 1240. The summed E-state index contributed by atoms with van der Waals surface area (Å²) in [7, 11) is 0. The van der Waals surface area contributed by atoms with Crippen LogP contribution >= 0.6 is 11.6 Å². The Labute approximate surface area is 218 Å². The summed E-state index contributed by atoms with van der Waals surface area (Å²) in [6, 6.07) is 12.1. The highest BCUT2D eigenvalue weighted by atomic mass is 35.5. The van der Waals surface area contributed by atoms with Gasteiger partial charge in [-0.1, -0.05) is 48.9 Å². The number of hydrogen-bond donors (Lipinski definition) is 3. The fraction of sp³-hybridized carbons (Fsp3) is 0.346. The molecule has 1 amide bonds. The predicted molar refractivity (Wildman–Crippen MR) is 140 cm³/mol. The summed E-state index contributed by atoms with van der Waals surface area (Å²) < 4.78 is 20.6. The van der Waals surface area contributed by atoms with Gasteiger partial charge in [0.25, 0.3) is 5.91 Å². The number of amides is 1. The Kier molecular flexibility index (Phi) is 8.35. The summed E-state index contributed by atoms with van der Waals surface area (Å²) in [6.45, 7) is 4.87. The monoisotopic (exact) mass is 528 g/mol. The van der Waals surface area contributed by atoms with E-state index in [9.17, 15) is 18.7 Å². The van der Waals surface area contributed by atoms with Crippen LogP contribution in [0.15, 0.2) is 54.9 Å². The predicted octanol–water partition coefficient (Wildman–Crippen LogP) is 4.39. The lowest BCUT2D eigenvalue weighted by Gasteiger charge is -2.34. The van der Waals surface area contributed by atoms with E-state index in [-0.39, 0.29) is 18.4 Å². The van der Waals surface area contributed by atoms with Crippen LogP contribution in [0.2, 0.25) is 5.02 Å². The quantitative estimate of drug-likeness (QED) is 0.371. The first kappa shape index (κ1) is 26.2. The standard InChI is InChI=1S/C26H29ClN4O4S/c1-3-17-13-31(26-28-11-22(27)12-29-26)14-21-10-20(8-9-23(17)21)25(33)30-24(15-32)19-6-4-18(5-7-19)16(2)36(34)35/h4-12,16-17,24,32H,3,13-15H2,1-2H3,(H,30,33)(H,34,35)/t16?,17-,24-/m0/s1. The fourth-order valence-corrected chi connectivity index (χ4v) is 4.97. The van der Waals surface area contributed by atoms with Gasteiger partial charge in [-0.05, 0) is 47.7 Å². The van der Waals surface area contributed by atoms with Crippen molar-refractivity contribution in [2.45, 2.75) is 44.0 Å². The van der Waals surface area contributed by atoms with E-state index in [0.717, 1.165) is 18.5 Å². The largest absolute Gasteiger partial charge is 0.394 e. The third kappa shape index (κ3) is 5.75. The van der Waals surface area contributed by atoms with Crippen molar-refractivity contribution in [2.24, 2.45) is 0 Å². The van der Waals surface area contributed by atoms with E-state index in [0.29, 0.717) is 34.2 Å². The van der Waals surface area contributed by atoms with Crippen molar-refractivity contribution in [3.05, 3.63) is 87.7 Å². The van der Waals surface area contributed by atoms with Crippen molar-refractivity contribution in [2.75, 3.05) is 18.1 Å². The molecule has 4 rings (SSSR count). The molecule has 2 unspecified atom stereocenters. The van der Waals surface area contributed by atoms with Gasteiger partial charge in [-0.25, -0.2) is 14.2 Å². The van der Waals surface area contributed by atoms with Gasteiger partial charge in [0.1, 0.15) is 0 Å². The van der Waals surface area contributed by atoms with Crippen LogP contribution in [0.5, 0.6) is 0 Å². The Hall–Kier alpha value is -2.85. The maximum absolute atomic E-state index is 13.1. The molecule has 3 N–H and O–H groups in total. The van der Waals surface area contributed by atoms with Crippen LogP contribution in [0, 0.1) is 0 Å². The van der Waals surface area contributed by atoms with Crippen molar-refractivity contribution in [1.29, 1.82) is 0 Å². The van der Waals surface area contributed by atoms with Gasteiger partial charge < -0.3 is 19.9 Å². The molecule has 36 heavy (non-hydrogen) atoms. The molecule has 1 aliphatic rings. The number of aliphatic hydroxyl groups excluding tert-OH is 1. The molecule has 0 aliphatic carbocycles. The van der Waals surface area contributed by atoms with E-state index >= 15 is 0 Å². The van der Waals surface area contributed by atoms with Gasteiger partial charge in [0, 0.05) is 24.6 Å². The number of hydrogen-bond acceptors (Lipinski definition) is 6. The number of anilines is 1. The van der Waals surface area contributed by atoms with E-state index in [2.05, 4.69) is 27.1 Å². The van der Waals surface area contributed by atoms with Gasteiger partial charge in [0.15, 0.2) is 11.1 Å². The van der Waals surface area contributed by atoms with Gasteiger partial charge in [-0.3, -0.25) is 4.79 Å². The first-order valence-electron chi connectivity index (χ1n) is 11.8. The summed E-state index contributed by atoms with van der Waals surface area (Å²) in [4.78, 5) is 23.9. The van der Waals surface area contributed by atoms with Crippen LogP contribution in [0.4, 0.5) is 5.95 Å². The van der Waals surface area contributed by atoms with Gasteiger partial charge in [-0.15, -0.1) is 0 Å². The van der Waals surface area contributed by atoms with Gasteiger partial charge >= 0.3 is 0 Å². The highest BCUT2D eigenvalue weighted by Crippen LogP contribution is 2.33. The van der Waals surface area contributed by atoms with Gasteiger partial charge in [0.2, 0.25) is 5.95 Å². The molecule has 0 saturated carbocycles. The molecule has 8 nitrogen and oxygen atoms in total. The number of rotatable bonds is 8. The average molecular weight is 529 g/mol. The third-order valence-corrected chi connectivity index (χ3v) is 7.70. The highest BCUT2D eigenvalue weighted by Gasteiger charge is 2.27. The van der Waals surface area contributed by atoms with Crippen LogP contribution in [0.3, 0.4) is 0 Å². The molecule has 2 aromatic carbocycles. The maximum Gasteiger partial charge on any atom is 0.251 e. The fourth-order valence-electron chi connectivity index (χ4n) is 4.48. The molecule has 1 aliphatic heterocycles. The smallest absolute Gasteiger partial charge is 0.251 e. The molecule has 0 saturated heterocycles. The number of aromatic nitrogens is 2. The number of halogens is 1. The Balaban J connectivity index is 1.52. The summed E-state index contributed by atoms with van der Waals surface area (Å²) in [5, 5.41) is 12.8. The van der Waals surface area contributed by atoms with E-state index < -0.39 is 22.4 Å². The molecule has 2 heterocycles. The first-order chi connectivity index (χ1) is 17.3. The third-order valence-electron chi connectivity index (χ3n) is 6.63. The second-order valence-corrected chi connectivity index (χ2v) is 10.6. The molecule has 0 radical (unpaired) electrons. The van der Waals surface area contributed by atoms with Crippen LogP contribution in [0.25, 0.3) is 0 Å². The van der Waals surface area contributed by atoms with Gasteiger partial charge in [-0.2, -0.15) is 0 Å². The van der Waals surface area contributed by atoms with Crippen molar-refractivity contribution in [1.82, 2.24) is 15.3 Å². The zero-order valence-electron chi connectivity index (χ0n) is 20.1. The summed E-state index contributed by atoms with van der Waals surface area (Å²) in [5.74, 6) is 0.588. The second kappa shape index (κ2) is 11.5. The number of carbonyl (C=O) groups excluding carboxylic acids is 1. The van der Waals surface area contributed by atoms with Crippen molar-refractivity contribution in [3.8, 4) is 0 Å². The van der Waals surface area contributed by atoms with Crippen LogP contribution in [-0.2, 0) is 17.6 Å². The minimum atomic E-state index is -1.97. The molecule has 1 aromatic heterocycles. The second-order valence-electron chi connectivity index (χ2n) is 8.89. The number of fused-ring (bicyclic) bond motifs is 1. The zero-order chi connectivity index (χ0) is 25.8. The molecular formula is C26H29ClN4O4S. The summed E-state index contributed by atoms with van der Waals surface area (Å²) in [6.07, 6.45) is 4.10. The number of aliphatic hydroxyl groups is 1. The summed E-state index contributed by atoms with van der Waals surface area (Å²) >= 11 is 3.98. The molecule has 0 bridgehead atoms. The zero-order valence-corrected chi connectivity index (χ0v) is 21.7. The number of nitrogens with one attached hydrogen (secondary N) is 1. The van der Waals surface area contributed by atoms with Crippen molar-refractivity contribution < 1.29 is 18.7 Å². The Morgan fingerprint density at radius 2 is 1.86 bits per heavy atom. The number of nitrogens with zero attached hydrogens (tertiary/aromatic N) is 3. The molecule has 190 valence electrons. The number of carbonyl (C=O) groups is 1. The van der Waals surface area contributed by atoms with E-state index in [4.69, 9.17) is 11.6 Å².